The Morgan fingerprint density at radius 3 is 1.95 bits per heavy atom. The molecule has 3 heteroatoms. The summed E-state index contributed by atoms with van der Waals surface area (Å²) in [6.07, 6.45) is 2.10. The van der Waals surface area contributed by atoms with Crippen LogP contribution in [0.15, 0.2) is 48.5 Å². The average Bonchev–Trinajstić information content (AvgIpc) is 2.48. The molecule has 2 aromatic rings. The Morgan fingerprint density at radius 1 is 0.905 bits per heavy atom. The molecule has 0 aromatic heterocycles. The van der Waals surface area contributed by atoms with Crippen LogP contribution in [0.4, 0.5) is 0 Å². The molecule has 0 saturated carbocycles. The lowest BCUT2D eigenvalue weighted by Gasteiger charge is -2.09. The van der Waals surface area contributed by atoms with Gasteiger partial charge < -0.3 is 10.2 Å². The average molecular weight is 309 g/mol. The molecule has 0 radical (unpaired) electrons. The second-order valence-corrected chi connectivity index (χ2v) is 4.89. The highest BCUT2D eigenvalue weighted by Gasteiger charge is 2.05. The van der Waals surface area contributed by atoms with E-state index in [-0.39, 0.29) is 12.4 Å². The molecular weight excluding hydrogens is 284 g/mol. The molecule has 0 aliphatic carbocycles. The van der Waals surface area contributed by atoms with Crippen LogP contribution in [0.5, 0.6) is 11.5 Å². The van der Waals surface area contributed by atoms with Gasteiger partial charge in [-0.2, -0.15) is 0 Å². The largest absolute Gasteiger partial charge is 0.508 e. The highest BCUT2D eigenvalue weighted by Crippen LogP contribution is 2.26. The number of aromatic hydroxyl groups is 2. The van der Waals surface area contributed by atoms with E-state index in [4.69, 9.17) is 5.11 Å². The lowest BCUT2D eigenvalue weighted by molar-refractivity contribution is 0.462. The van der Waals surface area contributed by atoms with E-state index in [0.717, 1.165) is 18.4 Å². The zero-order valence-corrected chi connectivity index (χ0v) is 13.7. The van der Waals surface area contributed by atoms with Gasteiger partial charge in [-0.25, -0.2) is 0 Å². The number of phenolic OH excluding ortho intramolecular Hbond substituents is 2. The summed E-state index contributed by atoms with van der Waals surface area (Å²) in [6, 6.07) is 14.8. The number of benzene rings is 2. The maximum absolute atomic E-state index is 9.41. The molecule has 0 saturated heterocycles. The molecular formula is C18H25ClO2. The summed E-state index contributed by atoms with van der Waals surface area (Å²) >= 11 is 0. The Balaban J connectivity index is 0.000000370. The summed E-state index contributed by atoms with van der Waals surface area (Å²) in [7, 11) is 0. The van der Waals surface area contributed by atoms with Crippen molar-refractivity contribution in [2.24, 2.45) is 0 Å². The second-order valence-electron chi connectivity index (χ2n) is 4.89. The third-order valence-electron chi connectivity index (χ3n) is 3.42. The van der Waals surface area contributed by atoms with Crippen molar-refractivity contribution in [2.45, 2.75) is 39.5 Å². The van der Waals surface area contributed by atoms with Crippen molar-refractivity contribution >= 4 is 12.4 Å². The summed E-state index contributed by atoms with van der Waals surface area (Å²) < 4.78 is 0. The van der Waals surface area contributed by atoms with Crippen LogP contribution >= 0.6 is 12.4 Å². The molecule has 0 fully saturated rings. The molecule has 1 atom stereocenters. The first kappa shape index (κ1) is 19.3. The molecule has 2 aromatic carbocycles. The van der Waals surface area contributed by atoms with E-state index in [1.165, 1.54) is 5.56 Å². The van der Waals surface area contributed by atoms with E-state index in [1.54, 1.807) is 18.2 Å². The smallest absolute Gasteiger partial charge is 0.119 e. The highest BCUT2D eigenvalue weighted by atomic mass is 35.5. The van der Waals surface area contributed by atoms with Gasteiger partial charge in [-0.3, -0.25) is 0 Å². The van der Waals surface area contributed by atoms with E-state index >= 15 is 0 Å². The van der Waals surface area contributed by atoms with Crippen LogP contribution in [-0.4, -0.2) is 10.2 Å². The predicted molar refractivity (Wildman–Crippen MR) is 91.5 cm³/mol. The summed E-state index contributed by atoms with van der Waals surface area (Å²) in [5, 5.41) is 18.3. The monoisotopic (exact) mass is 308 g/mol. The number of hydrogen-bond acceptors (Lipinski definition) is 2. The Labute approximate surface area is 133 Å². The number of aryl methyl sites for hydroxylation is 1. The summed E-state index contributed by atoms with van der Waals surface area (Å²) in [5.74, 6) is 1.21. The van der Waals surface area contributed by atoms with Gasteiger partial charge in [-0.05, 0) is 48.1 Å². The molecule has 0 bridgehead atoms. The topological polar surface area (TPSA) is 40.5 Å². The number of hydrogen-bond donors (Lipinski definition) is 2. The van der Waals surface area contributed by atoms with E-state index < -0.39 is 0 Å². The standard InChI is InChI=1S/C10H14O.C8H10O.ClH/c1-3-8(2)9-6-4-5-7-10(9)11;1-2-7-3-5-8(9)6-4-7;/h4-8,11H,3H2,1-2H3;3-6,9H,2H2,1H3;1H. The lowest BCUT2D eigenvalue weighted by Crippen LogP contribution is -1.90. The molecule has 0 spiro atoms. The van der Waals surface area contributed by atoms with Crippen molar-refractivity contribution in [3.63, 3.8) is 0 Å². The Hall–Kier alpha value is -1.67. The van der Waals surface area contributed by atoms with Crippen molar-refractivity contribution < 1.29 is 10.2 Å². The first-order valence-electron chi connectivity index (χ1n) is 7.14. The van der Waals surface area contributed by atoms with Crippen molar-refractivity contribution in [2.75, 3.05) is 0 Å². The predicted octanol–water partition coefficient (Wildman–Crippen LogP) is 5.28. The van der Waals surface area contributed by atoms with Crippen LogP contribution < -0.4 is 0 Å². The van der Waals surface area contributed by atoms with Gasteiger partial charge in [0.1, 0.15) is 11.5 Å². The van der Waals surface area contributed by atoms with Gasteiger partial charge in [0.2, 0.25) is 0 Å². The Bertz CT molecular complexity index is 509. The van der Waals surface area contributed by atoms with Crippen LogP contribution in [0.3, 0.4) is 0 Å². The molecule has 116 valence electrons. The van der Waals surface area contributed by atoms with Crippen LogP contribution in [0.1, 0.15) is 44.2 Å². The SMILES string of the molecule is CCC(C)c1ccccc1O.CCc1ccc(O)cc1.Cl. The van der Waals surface area contributed by atoms with Crippen molar-refractivity contribution in [1.29, 1.82) is 0 Å². The molecule has 2 nitrogen and oxygen atoms in total. The van der Waals surface area contributed by atoms with Crippen LogP contribution in [-0.2, 0) is 6.42 Å². The second kappa shape index (κ2) is 10.1. The van der Waals surface area contributed by atoms with Gasteiger partial charge in [-0.15, -0.1) is 12.4 Å². The minimum Gasteiger partial charge on any atom is -0.508 e. The number of rotatable bonds is 3. The lowest BCUT2D eigenvalue weighted by atomic mass is 9.98. The van der Waals surface area contributed by atoms with Crippen molar-refractivity contribution in [3.8, 4) is 11.5 Å². The van der Waals surface area contributed by atoms with Gasteiger partial charge in [0.25, 0.3) is 0 Å². The molecule has 0 aliphatic heterocycles. The third kappa shape index (κ3) is 6.54. The van der Waals surface area contributed by atoms with E-state index in [0.29, 0.717) is 17.4 Å². The summed E-state index contributed by atoms with van der Waals surface area (Å²) in [5.41, 5.74) is 2.31. The molecule has 0 aliphatic rings. The summed E-state index contributed by atoms with van der Waals surface area (Å²) in [6.45, 7) is 6.33. The molecule has 2 rings (SSSR count). The molecule has 1 unspecified atom stereocenters. The van der Waals surface area contributed by atoms with E-state index in [9.17, 15) is 5.11 Å². The van der Waals surface area contributed by atoms with E-state index in [2.05, 4.69) is 20.8 Å². The number of halogens is 1. The van der Waals surface area contributed by atoms with Gasteiger partial charge in [0.15, 0.2) is 0 Å². The zero-order valence-electron chi connectivity index (χ0n) is 12.9. The zero-order chi connectivity index (χ0) is 15.0. The van der Waals surface area contributed by atoms with Gasteiger partial charge in [-0.1, -0.05) is 51.1 Å². The third-order valence-corrected chi connectivity index (χ3v) is 3.42. The maximum Gasteiger partial charge on any atom is 0.119 e. The molecule has 2 N–H and O–H groups in total. The first-order chi connectivity index (χ1) is 9.58. The van der Waals surface area contributed by atoms with Crippen LogP contribution in [0.25, 0.3) is 0 Å². The molecule has 21 heavy (non-hydrogen) atoms. The Morgan fingerprint density at radius 2 is 1.48 bits per heavy atom. The minimum atomic E-state index is 0. The number of para-hydroxylation sites is 1. The van der Waals surface area contributed by atoms with Crippen LogP contribution in [0, 0.1) is 0 Å². The van der Waals surface area contributed by atoms with Gasteiger partial charge >= 0.3 is 0 Å². The van der Waals surface area contributed by atoms with Gasteiger partial charge in [0, 0.05) is 0 Å². The fourth-order valence-corrected chi connectivity index (χ4v) is 1.86. The Kier molecular flexibility index (Phi) is 9.31. The first-order valence-corrected chi connectivity index (χ1v) is 7.14. The molecule has 0 amide bonds. The fourth-order valence-electron chi connectivity index (χ4n) is 1.86. The van der Waals surface area contributed by atoms with Gasteiger partial charge in [0.05, 0.1) is 0 Å². The van der Waals surface area contributed by atoms with Crippen LogP contribution in [0.2, 0.25) is 0 Å². The van der Waals surface area contributed by atoms with E-state index in [1.807, 2.05) is 30.3 Å². The summed E-state index contributed by atoms with van der Waals surface area (Å²) in [4.78, 5) is 0. The van der Waals surface area contributed by atoms with Crippen molar-refractivity contribution in [1.82, 2.24) is 0 Å². The maximum atomic E-state index is 9.41. The number of phenols is 2. The minimum absolute atomic E-state index is 0. The van der Waals surface area contributed by atoms with Crippen molar-refractivity contribution in [3.05, 3.63) is 59.7 Å². The quantitative estimate of drug-likeness (QED) is 0.809. The molecule has 0 heterocycles. The highest BCUT2D eigenvalue weighted by molar-refractivity contribution is 5.85. The fraction of sp³-hybridized carbons (Fsp3) is 0.333. The normalized spacial score (nSPS) is 10.8.